The van der Waals surface area contributed by atoms with Crippen LogP contribution in [0.4, 0.5) is 0 Å². The Labute approximate surface area is 202 Å². The molecule has 0 fully saturated rings. The summed E-state index contributed by atoms with van der Waals surface area (Å²) >= 11 is 0. The van der Waals surface area contributed by atoms with Gasteiger partial charge in [0, 0.05) is 11.5 Å². The first-order valence-electron chi connectivity index (χ1n) is 11.7. The van der Waals surface area contributed by atoms with Crippen LogP contribution in [0.2, 0.25) is 0 Å². The molecular formula is C33H28O. The van der Waals surface area contributed by atoms with Crippen LogP contribution in [0, 0.1) is 0 Å². The summed E-state index contributed by atoms with van der Waals surface area (Å²) in [5, 5.41) is 0. The van der Waals surface area contributed by atoms with Gasteiger partial charge in [-0.05, 0) is 28.3 Å². The van der Waals surface area contributed by atoms with Crippen molar-refractivity contribution in [1.29, 1.82) is 0 Å². The van der Waals surface area contributed by atoms with E-state index in [-0.39, 0.29) is 5.92 Å². The molecule has 0 amide bonds. The third-order valence-corrected chi connectivity index (χ3v) is 6.70. The van der Waals surface area contributed by atoms with Gasteiger partial charge in [0.05, 0.1) is 12.5 Å². The molecule has 0 heterocycles. The lowest BCUT2D eigenvalue weighted by Crippen LogP contribution is -2.37. The summed E-state index contributed by atoms with van der Waals surface area (Å²) < 4.78 is 5.95. The van der Waals surface area contributed by atoms with Crippen molar-refractivity contribution in [2.24, 2.45) is 0 Å². The molecule has 5 rings (SSSR count). The Morgan fingerprint density at radius 1 is 0.471 bits per heavy atom. The second-order valence-corrected chi connectivity index (χ2v) is 8.49. The fraction of sp³-hybridized carbons (Fsp3) is 0.0909. The van der Waals surface area contributed by atoms with Crippen LogP contribution in [-0.4, -0.2) is 7.11 Å². The lowest BCUT2D eigenvalue weighted by Gasteiger charge is -2.44. The van der Waals surface area contributed by atoms with Crippen molar-refractivity contribution in [1.82, 2.24) is 0 Å². The van der Waals surface area contributed by atoms with E-state index < -0.39 is 5.41 Å². The number of methoxy groups -OCH3 is 1. The molecule has 166 valence electrons. The molecule has 0 bridgehead atoms. The van der Waals surface area contributed by atoms with Crippen molar-refractivity contribution in [3.63, 3.8) is 0 Å². The largest absolute Gasteiger partial charge is 0.496 e. The number of para-hydroxylation sites is 1. The Bertz CT molecular complexity index is 1220. The third-order valence-electron chi connectivity index (χ3n) is 6.70. The second-order valence-electron chi connectivity index (χ2n) is 8.49. The van der Waals surface area contributed by atoms with E-state index in [1.54, 1.807) is 7.11 Å². The van der Waals surface area contributed by atoms with Crippen LogP contribution in [0.15, 0.2) is 146 Å². The predicted molar refractivity (Wildman–Crippen MR) is 140 cm³/mol. The van der Waals surface area contributed by atoms with E-state index in [1.165, 1.54) is 22.3 Å². The molecule has 34 heavy (non-hydrogen) atoms. The van der Waals surface area contributed by atoms with E-state index in [9.17, 15) is 0 Å². The van der Waals surface area contributed by atoms with E-state index in [0.717, 1.165) is 11.3 Å². The first kappa shape index (κ1) is 21.7. The fourth-order valence-electron chi connectivity index (χ4n) is 5.32. The van der Waals surface area contributed by atoms with Gasteiger partial charge >= 0.3 is 0 Å². The summed E-state index contributed by atoms with van der Waals surface area (Å²) in [7, 11) is 1.76. The van der Waals surface area contributed by atoms with Crippen LogP contribution in [0.3, 0.4) is 0 Å². The molecule has 0 aliphatic heterocycles. The topological polar surface area (TPSA) is 9.23 Å². The zero-order valence-electron chi connectivity index (χ0n) is 19.3. The Hall–Kier alpha value is -4.10. The normalized spacial score (nSPS) is 12.1. The van der Waals surface area contributed by atoms with Gasteiger partial charge in [-0.1, -0.05) is 140 Å². The Morgan fingerprint density at radius 2 is 0.853 bits per heavy atom. The summed E-state index contributed by atoms with van der Waals surface area (Å²) in [5.41, 5.74) is 5.64. The predicted octanol–water partition coefficient (Wildman–Crippen LogP) is 7.86. The second kappa shape index (κ2) is 9.80. The molecule has 0 N–H and O–H groups in total. The average Bonchev–Trinajstić information content (AvgIpc) is 2.93. The van der Waals surface area contributed by atoms with Gasteiger partial charge in [0.1, 0.15) is 5.75 Å². The van der Waals surface area contributed by atoms with Crippen molar-refractivity contribution < 1.29 is 4.74 Å². The van der Waals surface area contributed by atoms with Crippen LogP contribution in [0.1, 0.15) is 33.7 Å². The summed E-state index contributed by atoms with van der Waals surface area (Å²) in [6.07, 6.45) is 0. The van der Waals surface area contributed by atoms with Crippen molar-refractivity contribution >= 4 is 0 Å². The van der Waals surface area contributed by atoms with Crippen molar-refractivity contribution in [2.45, 2.75) is 11.3 Å². The van der Waals surface area contributed by atoms with Crippen LogP contribution in [0.25, 0.3) is 0 Å². The Kier molecular flexibility index (Phi) is 6.27. The maximum Gasteiger partial charge on any atom is 0.122 e. The van der Waals surface area contributed by atoms with Crippen molar-refractivity contribution in [3.05, 3.63) is 173 Å². The van der Waals surface area contributed by atoms with Gasteiger partial charge in [0.25, 0.3) is 0 Å². The molecule has 5 aromatic rings. The highest BCUT2D eigenvalue weighted by Gasteiger charge is 2.46. The standard InChI is InChI=1S/C33H28O/c1-34-31-25-15-14-24-30(31)32(26-16-6-2-7-17-26)33(27-18-8-3-9-19-27,28-20-10-4-11-21-28)29-22-12-5-13-23-29/h2-25,32H,1H3. The van der Waals surface area contributed by atoms with E-state index in [4.69, 9.17) is 4.74 Å². The molecule has 1 heteroatoms. The SMILES string of the molecule is COc1ccccc1C(c1ccccc1)C(c1ccccc1)(c1ccccc1)c1ccccc1. The van der Waals surface area contributed by atoms with Crippen LogP contribution in [0.5, 0.6) is 5.75 Å². The molecule has 0 aliphatic carbocycles. The first-order chi connectivity index (χ1) is 16.9. The molecule has 0 spiro atoms. The van der Waals surface area contributed by atoms with Gasteiger partial charge in [0.15, 0.2) is 0 Å². The van der Waals surface area contributed by atoms with Gasteiger partial charge in [-0.25, -0.2) is 0 Å². The van der Waals surface area contributed by atoms with Gasteiger partial charge in [-0.2, -0.15) is 0 Å². The van der Waals surface area contributed by atoms with Crippen LogP contribution >= 0.6 is 0 Å². The van der Waals surface area contributed by atoms with Gasteiger partial charge in [-0.3, -0.25) is 0 Å². The van der Waals surface area contributed by atoms with Gasteiger partial charge in [0.2, 0.25) is 0 Å². The molecular weight excluding hydrogens is 412 g/mol. The molecule has 0 saturated carbocycles. The highest BCUT2D eigenvalue weighted by atomic mass is 16.5. The molecule has 1 nitrogen and oxygen atoms in total. The monoisotopic (exact) mass is 440 g/mol. The number of hydrogen-bond donors (Lipinski definition) is 0. The quantitative estimate of drug-likeness (QED) is 0.234. The number of benzene rings is 5. The summed E-state index contributed by atoms with van der Waals surface area (Å²) in [6.45, 7) is 0. The van der Waals surface area contributed by atoms with E-state index >= 15 is 0 Å². The average molecular weight is 441 g/mol. The van der Waals surface area contributed by atoms with Crippen LogP contribution in [-0.2, 0) is 5.41 Å². The maximum atomic E-state index is 5.95. The molecule has 1 unspecified atom stereocenters. The minimum atomic E-state index is -0.486. The minimum absolute atomic E-state index is 0.0305. The zero-order chi connectivity index (χ0) is 23.2. The summed E-state index contributed by atoms with van der Waals surface area (Å²) in [4.78, 5) is 0. The molecule has 5 aromatic carbocycles. The first-order valence-corrected chi connectivity index (χ1v) is 11.7. The zero-order valence-corrected chi connectivity index (χ0v) is 19.3. The fourth-order valence-corrected chi connectivity index (χ4v) is 5.32. The molecule has 1 atom stereocenters. The van der Waals surface area contributed by atoms with E-state index in [2.05, 4.69) is 140 Å². The Morgan fingerprint density at radius 3 is 1.29 bits per heavy atom. The van der Waals surface area contributed by atoms with Gasteiger partial charge in [-0.15, -0.1) is 0 Å². The maximum absolute atomic E-state index is 5.95. The number of ether oxygens (including phenoxy) is 1. The number of rotatable bonds is 7. The molecule has 0 saturated heterocycles. The highest BCUT2D eigenvalue weighted by molar-refractivity contribution is 5.60. The highest BCUT2D eigenvalue weighted by Crippen LogP contribution is 2.54. The van der Waals surface area contributed by atoms with E-state index in [0.29, 0.717) is 0 Å². The van der Waals surface area contributed by atoms with Crippen molar-refractivity contribution in [2.75, 3.05) is 7.11 Å². The van der Waals surface area contributed by atoms with E-state index in [1.807, 2.05) is 6.07 Å². The third kappa shape index (κ3) is 3.80. The molecule has 0 aliphatic rings. The van der Waals surface area contributed by atoms with Gasteiger partial charge < -0.3 is 4.74 Å². The summed E-state index contributed by atoms with van der Waals surface area (Å²) in [5.74, 6) is 0.862. The lowest BCUT2D eigenvalue weighted by atomic mass is 9.58. The van der Waals surface area contributed by atoms with Crippen LogP contribution < -0.4 is 4.74 Å². The number of hydrogen-bond acceptors (Lipinski definition) is 1. The molecule has 0 aromatic heterocycles. The lowest BCUT2D eigenvalue weighted by molar-refractivity contribution is 0.400. The molecule has 0 radical (unpaired) electrons. The minimum Gasteiger partial charge on any atom is -0.496 e. The smallest absolute Gasteiger partial charge is 0.122 e. The Balaban J connectivity index is 1.97. The van der Waals surface area contributed by atoms with Crippen molar-refractivity contribution in [3.8, 4) is 5.75 Å². The summed E-state index contributed by atoms with van der Waals surface area (Å²) in [6, 6.07) is 51.9.